The smallest absolute Gasteiger partial charge is 0.424 e. The summed E-state index contributed by atoms with van der Waals surface area (Å²) in [6.45, 7) is 12.7. The van der Waals surface area contributed by atoms with Gasteiger partial charge in [-0.25, -0.2) is 0 Å². The van der Waals surface area contributed by atoms with Crippen LogP contribution in [0.4, 0.5) is 0 Å². The number of hydrogen-bond acceptors (Lipinski definition) is 6. The van der Waals surface area contributed by atoms with E-state index in [9.17, 15) is 9.59 Å². The molecule has 0 saturated heterocycles. The van der Waals surface area contributed by atoms with Gasteiger partial charge in [-0.05, 0) is 70.5 Å². The van der Waals surface area contributed by atoms with E-state index in [2.05, 4.69) is 25.7 Å². The van der Waals surface area contributed by atoms with Crippen LogP contribution in [0, 0.1) is 11.8 Å². The van der Waals surface area contributed by atoms with Gasteiger partial charge in [0.2, 0.25) is 0 Å². The van der Waals surface area contributed by atoms with Crippen molar-refractivity contribution in [3.8, 4) is 11.8 Å². The zero-order chi connectivity index (χ0) is 28.5. The lowest BCUT2D eigenvalue weighted by Gasteiger charge is -2.28. The van der Waals surface area contributed by atoms with Gasteiger partial charge in [-0.15, -0.1) is 0 Å². The average molecular weight is 570 g/mol. The number of carbonyl (C=O) groups excluding carboxylic acids is 2. The van der Waals surface area contributed by atoms with Crippen LogP contribution in [0.3, 0.4) is 0 Å². The molecule has 1 aliphatic rings. The molecule has 0 saturated carbocycles. The summed E-state index contributed by atoms with van der Waals surface area (Å²) < 4.78 is 22.8. The third kappa shape index (κ3) is 10.1. The van der Waals surface area contributed by atoms with E-state index in [0.29, 0.717) is 55.5 Å². The standard InChI is InChI=1S/C25H29NO5Si.C5H14OSi/c1-4-29-32(30-5-2,31-6-3)18-10-17-26-24(27)22-16-15-21(19-23(22)25(26)28)14-13-20-11-8-7-9-12-20;1-3-5-7-6-4-2/h7-9,11-12,15-16,19H,4-6,10,17-18H2,1-3H3;3-5,7H2,1-2H3. The summed E-state index contributed by atoms with van der Waals surface area (Å²) in [7, 11) is -2.90. The summed E-state index contributed by atoms with van der Waals surface area (Å²) in [5, 5.41) is 0. The minimum absolute atomic E-state index is 0.0887. The van der Waals surface area contributed by atoms with E-state index < -0.39 is 8.80 Å². The molecule has 0 atom stereocenters. The number of amides is 2. The van der Waals surface area contributed by atoms with Gasteiger partial charge < -0.3 is 17.7 Å². The molecule has 2 aromatic rings. The maximum Gasteiger partial charge on any atom is 0.500 e. The van der Waals surface area contributed by atoms with Gasteiger partial charge in [0.15, 0.2) is 9.76 Å². The first-order valence-corrected chi connectivity index (χ1v) is 17.5. The van der Waals surface area contributed by atoms with Crippen LogP contribution in [0.25, 0.3) is 0 Å². The molecule has 0 aromatic heterocycles. The molecule has 1 aliphatic heterocycles. The van der Waals surface area contributed by atoms with E-state index in [4.69, 9.17) is 17.7 Å². The predicted octanol–water partition coefficient (Wildman–Crippen LogP) is 5.06. The Morgan fingerprint density at radius 1 is 0.769 bits per heavy atom. The van der Waals surface area contributed by atoms with E-state index in [1.165, 1.54) is 17.4 Å². The molecule has 2 aromatic carbocycles. The first kappa shape index (κ1) is 32.6. The van der Waals surface area contributed by atoms with Crippen molar-refractivity contribution >= 4 is 30.4 Å². The Morgan fingerprint density at radius 3 is 1.97 bits per heavy atom. The van der Waals surface area contributed by atoms with Gasteiger partial charge in [0.25, 0.3) is 11.8 Å². The van der Waals surface area contributed by atoms with Crippen molar-refractivity contribution in [2.45, 2.75) is 59.5 Å². The topological polar surface area (TPSA) is 74.3 Å². The number of rotatable bonds is 14. The van der Waals surface area contributed by atoms with Crippen LogP contribution in [0.1, 0.15) is 79.3 Å². The Morgan fingerprint density at radius 2 is 1.38 bits per heavy atom. The van der Waals surface area contributed by atoms with E-state index in [-0.39, 0.29) is 21.6 Å². The van der Waals surface area contributed by atoms with Crippen LogP contribution in [0.5, 0.6) is 0 Å². The van der Waals surface area contributed by atoms with E-state index in [1.54, 1.807) is 18.2 Å². The Labute approximate surface area is 237 Å². The summed E-state index contributed by atoms with van der Waals surface area (Å²) in [4.78, 5) is 27.1. The molecule has 0 N–H and O–H groups in total. The van der Waals surface area contributed by atoms with E-state index >= 15 is 0 Å². The highest BCUT2D eigenvalue weighted by molar-refractivity contribution is 6.60. The Bertz CT molecular complexity index is 1080. The summed E-state index contributed by atoms with van der Waals surface area (Å²) in [6, 6.07) is 16.7. The summed E-state index contributed by atoms with van der Waals surface area (Å²) >= 11 is 0. The Balaban J connectivity index is 0.000000673. The number of carbonyl (C=O) groups is 2. The molecule has 2 amide bonds. The fourth-order valence-corrected chi connectivity index (χ4v) is 7.46. The van der Waals surface area contributed by atoms with Gasteiger partial charge in [-0.1, -0.05) is 43.4 Å². The monoisotopic (exact) mass is 569 g/mol. The van der Waals surface area contributed by atoms with Crippen molar-refractivity contribution in [2.75, 3.05) is 33.0 Å². The molecule has 0 fully saturated rings. The molecule has 1 heterocycles. The molecule has 0 unspecified atom stereocenters. The van der Waals surface area contributed by atoms with Crippen LogP contribution >= 0.6 is 0 Å². The molecule has 212 valence electrons. The number of hydrogen-bond donors (Lipinski definition) is 0. The fraction of sp³-hybridized carbons (Fsp3) is 0.467. The minimum atomic E-state index is -2.81. The molecule has 0 spiro atoms. The third-order valence-corrected chi connectivity index (χ3v) is 10.7. The van der Waals surface area contributed by atoms with Crippen LogP contribution in [-0.2, 0) is 17.7 Å². The second-order valence-electron chi connectivity index (χ2n) is 8.77. The third-order valence-electron chi connectivity index (χ3n) is 5.90. The summed E-state index contributed by atoms with van der Waals surface area (Å²) in [6.07, 6.45) is 1.85. The van der Waals surface area contributed by atoms with Crippen molar-refractivity contribution in [3.05, 3.63) is 70.8 Å². The van der Waals surface area contributed by atoms with Crippen LogP contribution in [0.2, 0.25) is 12.1 Å². The van der Waals surface area contributed by atoms with Gasteiger partial charge in [0, 0.05) is 50.1 Å². The number of fused-ring (bicyclic) bond motifs is 1. The maximum absolute atomic E-state index is 12.9. The van der Waals surface area contributed by atoms with Crippen molar-refractivity contribution in [3.63, 3.8) is 0 Å². The maximum atomic E-state index is 12.9. The second-order valence-corrected chi connectivity index (χ2v) is 13.0. The Hall–Kier alpha value is -2.59. The highest BCUT2D eigenvalue weighted by Crippen LogP contribution is 2.26. The van der Waals surface area contributed by atoms with Gasteiger partial charge in [-0.2, -0.15) is 0 Å². The zero-order valence-electron chi connectivity index (χ0n) is 24.1. The van der Waals surface area contributed by atoms with Crippen LogP contribution in [-0.4, -0.2) is 68.3 Å². The molecule has 0 aliphatic carbocycles. The van der Waals surface area contributed by atoms with Crippen molar-refractivity contribution < 1.29 is 27.3 Å². The summed E-state index contributed by atoms with van der Waals surface area (Å²) in [5.41, 5.74) is 2.41. The lowest BCUT2D eigenvalue weighted by molar-refractivity contribution is 0.0612. The lowest BCUT2D eigenvalue weighted by Crippen LogP contribution is -2.46. The summed E-state index contributed by atoms with van der Waals surface area (Å²) in [5.74, 6) is 5.59. The predicted molar refractivity (Wildman–Crippen MR) is 160 cm³/mol. The highest BCUT2D eigenvalue weighted by atomic mass is 28.4. The second kappa shape index (κ2) is 17.9. The highest BCUT2D eigenvalue weighted by Gasteiger charge is 2.41. The number of imide groups is 1. The first-order valence-electron chi connectivity index (χ1n) is 14.0. The van der Waals surface area contributed by atoms with Gasteiger partial charge in [-0.3, -0.25) is 14.5 Å². The minimum Gasteiger partial charge on any atom is -0.424 e. The van der Waals surface area contributed by atoms with E-state index in [0.717, 1.165) is 12.2 Å². The van der Waals surface area contributed by atoms with Crippen LogP contribution in [0.15, 0.2) is 48.5 Å². The van der Waals surface area contributed by atoms with Gasteiger partial charge in [0.1, 0.15) is 0 Å². The molecule has 0 radical (unpaired) electrons. The van der Waals surface area contributed by atoms with Crippen molar-refractivity contribution in [1.82, 2.24) is 4.90 Å². The quantitative estimate of drug-likeness (QED) is 0.137. The fourth-order valence-electron chi connectivity index (χ4n) is 4.08. The lowest BCUT2D eigenvalue weighted by atomic mass is 10.1. The average Bonchev–Trinajstić information content (AvgIpc) is 3.18. The SMILES string of the molecule is CCC[SiH2]OCC.CCO[Si](CCCN1C(=O)c2ccc(C#Cc3ccccc3)cc2C1=O)(OCC)OCC. The number of nitrogens with zero attached hydrogens (tertiary/aromatic N) is 1. The Kier molecular flexibility index (Phi) is 15.0. The first-order chi connectivity index (χ1) is 18.9. The zero-order valence-corrected chi connectivity index (χ0v) is 26.5. The largest absolute Gasteiger partial charge is 0.500 e. The van der Waals surface area contributed by atoms with Crippen molar-refractivity contribution in [1.29, 1.82) is 0 Å². The van der Waals surface area contributed by atoms with E-state index in [1.807, 2.05) is 51.1 Å². The van der Waals surface area contributed by atoms with Gasteiger partial charge >= 0.3 is 8.80 Å². The normalized spacial score (nSPS) is 12.8. The molecule has 3 rings (SSSR count). The molecule has 0 bridgehead atoms. The molecular weight excluding hydrogens is 527 g/mol. The van der Waals surface area contributed by atoms with Crippen molar-refractivity contribution in [2.24, 2.45) is 0 Å². The molecule has 9 heteroatoms. The van der Waals surface area contributed by atoms with Crippen LogP contribution < -0.4 is 0 Å². The molecular formula is C30H43NO6Si2. The molecule has 7 nitrogen and oxygen atoms in total. The van der Waals surface area contributed by atoms with Gasteiger partial charge in [0.05, 0.1) is 11.1 Å². The number of benzene rings is 2. The molecule has 39 heavy (non-hydrogen) atoms.